The van der Waals surface area contributed by atoms with Gasteiger partial charge >= 0.3 is 0 Å². The number of rotatable bonds is 3. The van der Waals surface area contributed by atoms with E-state index in [4.69, 9.17) is 12.2 Å². The maximum absolute atomic E-state index is 12.6. The minimum absolute atomic E-state index is 0.0534. The fraction of sp³-hybridized carbons (Fsp3) is 0. The SMILES string of the molecule is O=C1C(=Cc2ccc(Br)c([N+](=O)[O-])c2)SC(=S)N1c1ccccc1. The highest BCUT2D eigenvalue weighted by Crippen LogP contribution is 2.36. The summed E-state index contributed by atoms with van der Waals surface area (Å²) in [6.07, 6.45) is 1.61. The molecule has 2 aromatic carbocycles. The predicted molar refractivity (Wildman–Crippen MR) is 103 cm³/mol. The van der Waals surface area contributed by atoms with Gasteiger partial charge in [-0.1, -0.05) is 48.2 Å². The lowest BCUT2D eigenvalue weighted by molar-refractivity contribution is -0.385. The molecule has 0 unspecified atom stereocenters. The van der Waals surface area contributed by atoms with Gasteiger partial charge in [0, 0.05) is 6.07 Å². The van der Waals surface area contributed by atoms with Gasteiger partial charge in [-0.05, 0) is 45.8 Å². The molecule has 24 heavy (non-hydrogen) atoms. The fourth-order valence-corrected chi connectivity index (χ4v) is 3.87. The van der Waals surface area contributed by atoms with Crippen LogP contribution in [0.25, 0.3) is 6.08 Å². The number of nitro benzene ring substituents is 1. The first-order chi connectivity index (χ1) is 11.5. The number of nitro groups is 1. The van der Waals surface area contributed by atoms with Crippen molar-refractivity contribution >= 4 is 67.6 Å². The summed E-state index contributed by atoms with van der Waals surface area (Å²) in [5, 5.41) is 11.0. The van der Waals surface area contributed by atoms with Gasteiger partial charge in [0.2, 0.25) is 0 Å². The molecule has 1 heterocycles. The highest BCUT2D eigenvalue weighted by atomic mass is 79.9. The van der Waals surface area contributed by atoms with Crippen LogP contribution in [0.15, 0.2) is 57.9 Å². The Morgan fingerprint density at radius 2 is 1.92 bits per heavy atom. The van der Waals surface area contributed by atoms with E-state index in [1.54, 1.807) is 30.3 Å². The number of benzene rings is 2. The fourth-order valence-electron chi connectivity index (χ4n) is 2.18. The van der Waals surface area contributed by atoms with E-state index in [0.717, 1.165) is 0 Å². The summed E-state index contributed by atoms with van der Waals surface area (Å²) in [5.74, 6) is -0.234. The molecule has 1 amide bonds. The molecule has 0 aromatic heterocycles. The van der Waals surface area contributed by atoms with Gasteiger partial charge in [-0.2, -0.15) is 0 Å². The number of hydrogen-bond donors (Lipinski definition) is 0. The van der Waals surface area contributed by atoms with Crippen molar-refractivity contribution in [3.63, 3.8) is 0 Å². The lowest BCUT2D eigenvalue weighted by atomic mass is 10.2. The molecule has 0 bridgehead atoms. The maximum Gasteiger partial charge on any atom is 0.284 e. The van der Waals surface area contributed by atoms with Crippen LogP contribution in [0.3, 0.4) is 0 Å². The maximum atomic E-state index is 12.6. The van der Waals surface area contributed by atoms with E-state index in [0.29, 0.717) is 24.9 Å². The number of thiocarbonyl (C=S) groups is 1. The second-order valence-electron chi connectivity index (χ2n) is 4.82. The number of anilines is 1. The van der Waals surface area contributed by atoms with E-state index in [1.165, 1.54) is 22.7 Å². The molecular weight excluding hydrogens is 412 g/mol. The first-order valence-corrected chi connectivity index (χ1v) is 8.76. The molecule has 0 radical (unpaired) electrons. The number of thioether (sulfide) groups is 1. The molecule has 1 fully saturated rings. The Kier molecular flexibility index (Phi) is 4.79. The van der Waals surface area contributed by atoms with Gasteiger partial charge in [-0.15, -0.1) is 0 Å². The lowest BCUT2D eigenvalue weighted by Crippen LogP contribution is -2.27. The average Bonchev–Trinajstić information content (AvgIpc) is 2.83. The second kappa shape index (κ2) is 6.84. The summed E-state index contributed by atoms with van der Waals surface area (Å²) in [4.78, 5) is 25.0. The van der Waals surface area contributed by atoms with Crippen molar-refractivity contribution < 1.29 is 9.72 Å². The van der Waals surface area contributed by atoms with Crippen LogP contribution in [0.5, 0.6) is 0 Å². The Labute approximate surface area is 155 Å². The third-order valence-corrected chi connectivity index (χ3v) is 5.25. The molecular formula is C16H9BrN2O3S2. The van der Waals surface area contributed by atoms with E-state index in [1.807, 2.05) is 18.2 Å². The topological polar surface area (TPSA) is 63.4 Å². The quantitative estimate of drug-likeness (QED) is 0.309. The molecule has 3 rings (SSSR count). The molecule has 0 saturated carbocycles. The van der Waals surface area contributed by atoms with Crippen molar-refractivity contribution in [3.8, 4) is 0 Å². The van der Waals surface area contributed by atoms with E-state index in [-0.39, 0.29) is 11.6 Å². The largest absolute Gasteiger partial charge is 0.284 e. The monoisotopic (exact) mass is 420 g/mol. The van der Waals surface area contributed by atoms with Crippen molar-refractivity contribution in [2.24, 2.45) is 0 Å². The molecule has 1 aliphatic heterocycles. The number of para-hydroxylation sites is 1. The Bertz CT molecular complexity index is 884. The number of nitrogens with zero attached hydrogens (tertiary/aromatic N) is 2. The van der Waals surface area contributed by atoms with Gasteiger partial charge in [-0.3, -0.25) is 19.8 Å². The molecule has 120 valence electrons. The number of amides is 1. The summed E-state index contributed by atoms with van der Waals surface area (Å²) >= 11 is 9.61. The number of halogens is 1. The third kappa shape index (κ3) is 3.26. The molecule has 1 aliphatic rings. The Hall–Kier alpha value is -2.03. The Balaban J connectivity index is 1.95. The normalized spacial score (nSPS) is 16.0. The number of carbonyl (C=O) groups is 1. The van der Waals surface area contributed by atoms with Crippen LogP contribution in [0.4, 0.5) is 11.4 Å². The van der Waals surface area contributed by atoms with Crippen molar-refractivity contribution in [1.82, 2.24) is 0 Å². The van der Waals surface area contributed by atoms with Crippen LogP contribution in [0.1, 0.15) is 5.56 Å². The molecule has 0 spiro atoms. The summed E-state index contributed by atoms with van der Waals surface area (Å²) < 4.78 is 0.825. The third-order valence-electron chi connectivity index (χ3n) is 3.27. The predicted octanol–water partition coefficient (Wildman–Crippen LogP) is 4.76. The zero-order valence-electron chi connectivity index (χ0n) is 12.0. The number of carbonyl (C=O) groups excluding carboxylic acids is 1. The van der Waals surface area contributed by atoms with E-state index < -0.39 is 4.92 Å². The Morgan fingerprint density at radius 1 is 1.21 bits per heavy atom. The first kappa shape index (κ1) is 16.8. The van der Waals surface area contributed by atoms with Gasteiger partial charge in [-0.25, -0.2) is 0 Å². The van der Waals surface area contributed by atoms with Crippen molar-refractivity contribution in [1.29, 1.82) is 0 Å². The molecule has 0 N–H and O–H groups in total. The summed E-state index contributed by atoms with van der Waals surface area (Å²) in [6.45, 7) is 0. The van der Waals surface area contributed by atoms with Crippen LogP contribution in [0.2, 0.25) is 0 Å². The van der Waals surface area contributed by atoms with Gasteiger partial charge < -0.3 is 0 Å². The van der Waals surface area contributed by atoms with Crippen LogP contribution in [-0.4, -0.2) is 15.2 Å². The standard InChI is InChI=1S/C16H9BrN2O3S2/c17-12-7-6-10(8-13(12)19(21)22)9-14-15(20)18(16(23)24-14)11-4-2-1-3-5-11/h1-9H. The van der Waals surface area contributed by atoms with Crippen molar-refractivity contribution in [3.05, 3.63) is 73.6 Å². The van der Waals surface area contributed by atoms with Crippen LogP contribution < -0.4 is 4.90 Å². The van der Waals surface area contributed by atoms with Crippen molar-refractivity contribution in [2.75, 3.05) is 4.90 Å². The molecule has 2 aromatic rings. The molecule has 8 heteroatoms. The van der Waals surface area contributed by atoms with E-state index >= 15 is 0 Å². The Morgan fingerprint density at radius 3 is 2.58 bits per heavy atom. The zero-order valence-corrected chi connectivity index (χ0v) is 15.2. The molecule has 5 nitrogen and oxygen atoms in total. The smallest absolute Gasteiger partial charge is 0.268 e. The van der Waals surface area contributed by atoms with Gasteiger partial charge in [0.05, 0.1) is 20.0 Å². The highest BCUT2D eigenvalue weighted by Gasteiger charge is 2.33. The van der Waals surface area contributed by atoms with Gasteiger partial charge in [0.25, 0.3) is 11.6 Å². The van der Waals surface area contributed by atoms with E-state index in [9.17, 15) is 14.9 Å². The van der Waals surface area contributed by atoms with Crippen LogP contribution in [0, 0.1) is 10.1 Å². The van der Waals surface area contributed by atoms with Crippen LogP contribution >= 0.6 is 39.9 Å². The summed E-state index contributed by atoms with van der Waals surface area (Å²) in [6, 6.07) is 13.8. The zero-order chi connectivity index (χ0) is 17.3. The molecule has 0 aliphatic carbocycles. The highest BCUT2D eigenvalue weighted by molar-refractivity contribution is 9.10. The minimum Gasteiger partial charge on any atom is -0.268 e. The second-order valence-corrected chi connectivity index (χ2v) is 7.35. The van der Waals surface area contributed by atoms with E-state index in [2.05, 4.69) is 15.9 Å². The average molecular weight is 421 g/mol. The lowest BCUT2D eigenvalue weighted by Gasteiger charge is -2.13. The van der Waals surface area contributed by atoms with Crippen LogP contribution in [-0.2, 0) is 4.79 Å². The van der Waals surface area contributed by atoms with Gasteiger partial charge in [0.1, 0.15) is 0 Å². The van der Waals surface area contributed by atoms with Gasteiger partial charge in [0.15, 0.2) is 4.32 Å². The minimum atomic E-state index is -0.476. The molecule has 1 saturated heterocycles. The molecule has 0 atom stereocenters. The number of hydrogen-bond acceptors (Lipinski definition) is 5. The summed E-state index contributed by atoms with van der Waals surface area (Å²) in [5.41, 5.74) is 1.21. The first-order valence-electron chi connectivity index (χ1n) is 6.74. The summed E-state index contributed by atoms with van der Waals surface area (Å²) in [7, 11) is 0. The van der Waals surface area contributed by atoms with Crippen molar-refractivity contribution in [2.45, 2.75) is 0 Å².